The third-order valence-electron chi connectivity index (χ3n) is 3.45. The lowest BCUT2D eigenvalue weighted by molar-refractivity contribution is -0.0519. The van der Waals surface area contributed by atoms with Gasteiger partial charge in [-0.15, -0.1) is 0 Å². The second kappa shape index (κ2) is 4.63. The van der Waals surface area contributed by atoms with Crippen LogP contribution in [0.4, 0.5) is 5.82 Å². The minimum atomic E-state index is -1.19. The van der Waals surface area contributed by atoms with Gasteiger partial charge in [-0.3, -0.25) is 4.57 Å². The summed E-state index contributed by atoms with van der Waals surface area (Å²) in [7, 11) is 0. The molecule has 0 aromatic carbocycles. The summed E-state index contributed by atoms with van der Waals surface area (Å²) in [4.78, 5) is 12.2. The predicted molar refractivity (Wildman–Crippen MR) is 67.5 cm³/mol. The Kier molecular flexibility index (Phi) is 3.05. The summed E-state index contributed by atoms with van der Waals surface area (Å²) in [5.74, 6) is 0.741. The Labute approximate surface area is 113 Å². The van der Waals surface area contributed by atoms with Crippen LogP contribution in [0.2, 0.25) is 0 Å². The van der Waals surface area contributed by atoms with Gasteiger partial charge in [-0.2, -0.15) is 0 Å². The third-order valence-corrected chi connectivity index (χ3v) is 3.45. The average molecular weight is 280 g/mol. The first-order chi connectivity index (χ1) is 9.54. The van der Waals surface area contributed by atoms with Crippen molar-refractivity contribution in [2.24, 2.45) is 0 Å². The number of fused-ring (bicyclic) bond motifs is 1. The van der Waals surface area contributed by atoms with E-state index in [9.17, 15) is 10.2 Å². The van der Waals surface area contributed by atoms with Gasteiger partial charge in [0.1, 0.15) is 30.5 Å². The highest BCUT2D eigenvalue weighted by molar-refractivity contribution is 5.81. The first kappa shape index (κ1) is 13.2. The van der Waals surface area contributed by atoms with Crippen LogP contribution in [0.1, 0.15) is 12.1 Å². The second-order valence-electron chi connectivity index (χ2n) is 4.69. The summed E-state index contributed by atoms with van der Waals surface area (Å²) < 4.78 is 7.02. The van der Waals surface area contributed by atoms with Gasteiger partial charge in [0.25, 0.3) is 0 Å². The molecule has 3 heterocycles. The van der Waals surface area contributed by atoms with E-state index in [4.69, 9.17) is 15.6 Å². The first-order valence-electron chi connectivity index (χ1n) is 6.12. The average Bonchev–Trinajstić information content (AvgIpc) is 2.90. The maximum atomic E-state index is 10.1. The molecule has 0 radical (unpaired) electrons. The number of aromatic nitrogens is 4. The molecule has 0 saturated carbocycles. The van der Waals surface area contributed by atoms with Crippen LogP contribution in [0.3, 0.4) is 0 Å². The molecule has 1 aliphatic heterocycles. The summed E-state index contributed by atoms with van der Waals surface area (Å²) in [6.07, 6.45) is -2.83. The molecular weight excluding hydrogens is 265 g/mol. The molecule has 5 N–H and O–H groups in total. The number of nitrogen functional groups attached to an aromatic ring is 1. The summed E-state index contributed by atoms with van der Waals surface area (Å²) in [5.41, 5.74) is 6.55. The molecule has 9 nitrogen and oxygen atoms in total. The molecule has 0 aliphatic carbocycles. The van der Waals surface area contributed by atoms with Gasteiger partial charge in [0.05, 0.1) is 6.61 Å². The molecule has 9 heteroatoms. The van der Waals surface area contributed by atoms with Gasteiger partial charge in [-0.1, -0.05) is 0 Å². The van der Waals surface area contributed by atoms with Gasteiger partial charge in [-0.25, -0.2) is 15.0 Å². The van der Waals surface area contributed by atoms with Crippen molar-refractivity contribution in [2.75, 3.05) is 12.3 Å². The van der Waals surface area contributed by atoms with Crippen LogP contribution in [0.25, 0.3) is 11.2 Å². The first-order valence-corrected chi connectivity index (χ1v) is 6.12. The van der Waals surface area contributed by atoms with E-state index in [1.165, 1.54) is 10.9 Å². The van der Waals surface area contributed by atoms with Crippen LogP contribution in [-0.2, 0) is 4.74 Å². The Balaban J connectivity index is 2.11. The molecular formula is C11H15N5O4. The van der Waals surface area contributed by atoms with E-state index < -0.39 is 31.1 Å². The van der Waals surface area contributed by atoms with E-state index in [0.29, 0.717) is 17.0 Å². The molecule has 1 aliphatic rings. The van der Waals surface area contributed by atoms with Crippen molar-refractivity contribution in [1.82, 2.24) is 19.5 Å². The molecule has 2 aromatic rings. The molecule has 0 amide bonds. The number of imidazole rings is 1. The molecule has 1 saturated heterocycles. The maximum Gasteiger partial charge on any atom is 0.167 e. The van der Waals surface area contributed by atoms with Crippen molar-refractivity contribution in [3.8, 4) is 0 Å². The molecule has 1 fully saturated rings. The van der Waals surface area contributed by atoms with Crippen LogP contribution >= 0.6 is 0 Å². The largest absolute Gasteiger partial charge is 0.394 e. The van der Waals surface area contributed by atoms with E-state index in [0.717, 1.165) is 0 Å². The smallest absolute Gasteiger partial charge is 0.167 e. The normalized spacial score (nSPS) is 30.2. The number of aryl methyl sites for hydroxylation is 1. The number of nitrogens with zero attached hydrogens (tertiary/aromatic N) is 4. The molecule has 108 valence electrons. The fourth-order valence-corrected chi connectivity index (χ4v) is 2.43. The number of anilines is 1. The molecule has 3 rings (SSSR count). The van der Waals surface area contributed by atoms with Crippen molar-refractivity contribution >= 4 is 17.0 Å². The van der Waals surface area contributed by atoms with Gasteiger partial charge in [0, 0.05) is 0 Å². The maximum absolute atomic E-state index is 10.1. The SMILES string of the molecule is [11CH3]c1nc2c(N)ncnc2n1[C@@H]1O[C@H](CO)[C@@H](O)[C@H]1O. The Morgan fingerprint density at radius 3 is 2.75 bits per heavy atom. The highest BCUT2D eigenvalue weighted by Gasteiger charge is 2.44. The number of nitrogens with two attached hydrogens (primary N) is 1. The van der Waals surface area contributed by atoms with Gasteiger partial charge >= 0.3 is 0 Å². The van der Waals surface area contributed by atoms with Crippen molar-refractivity contribution in [2.45, 2.75) is 31.5 Å². The van der Waals surface area contributed by atoms with E-state index in [2.05, 4.69) is 15.0 Å². The Bertz CT molecular complexity index is 645. The standard InChI is InChI=1S/C11H15N5O4/c1-4-15-6-9(12)13-3-14-10(6)16(4)11-8(19)7(18)5(2-17)20-11/h3,5,7-8,11,17-19H,2H2,1H3,(H2,12,13,14)/t5-,7-,8-,11-/m1/s1/i1-1. The van der Waals surface area contributed by atoms with Crippen LogP contribution in [0.15, 0.2) is 6.33 Å². The Morgan fingerprint density at radius 1 is 1.35 bits per heavy atom. The number of hydrogen-bond acceptors (Lipinski definition) is 8. The summed E-state index contributed by atoms with van der Waals surface area (Å²) >= 11 is 0. The second-order valence-corrected chi connectivity index (χ2v) is 4.69. The third kappa shape index (κ3) is 1.75. The quantitative estimate of drug-likeness (QED) is 0.512. The zero-order chi connectivity index (χ0) is 14.4. The zero-order valence-electron chi connectivity index (χ0n) is 10.7. The minimum absolute atomic E-state index is 0.226. The monoisotopic (exact) mass is 280 g/mol. The van der Waals surface area contributed by atoms with Gasteiger partial charge in [0.2, 0.25) is 0 Å². The lowest BCUT2D eigenvalue weighted by Gasteiger charge is -2.18. The van der Waals surface area contributed by atoms with E-state index in [-0.39, 0.29) is 5.82 Å². The topological polar surface area (TPSA) is 140 Å². The number of aliphatic hydroxyl groups excluding tert-OH is 3. The van der Waals surface area contributed by atoms with Crippen molar-refractivity contribution in [1.29, 1.82) is 0 Å². The van der Waals surface area contributed by atoms with E-state index in [1.54, 1.807) is 6.92 Å². The molecule has 2 aromatic heterocycles. The molecule has 20 heavy (non-hydrogen) atoms. The van der Waals surface area contributed by atoms with Crippen molar-refractivity contribution < 1.29 is 20.1 Å². The van der Waals surface area contributed by atoms with Crippen LogP contribution in [0.5, 0.6) is 0 Å². The molecule has 0 spiro atoms. The Hall–Kier alpha value is -1.81. The summed E-state index contributed by atoms with van der Waals surface area (Å²) in [6, 6.07) is 0. The fraction of sp³-hybridized carbons (Fsp3) is 0.545. The van der Waals surface area contributed by atoms with Gasteiger partial charge < -0.3 is 25.8 Å². The minimum Gasteiger partial charge on any atom is -0.394 e. The summed E-state index contributed by atoms with van der Waals surface area (Å²) in [6.45, 7) is 1.31. The van der Waals surface area contributed by atoms with E-state index >= 15 is 0 Å². The Morgan fingerprint density at radius 2 is 2.10 bits per heavy atom. The molecule has 4 atom stereocenters. The lowest BCUT2D eigenvalue weighted by Crippen LogP contribution is -2.33. The predicted octanol–water partition coefficient (Wildman–Crippen LogP) is -1.67. The van der Waals surface area contributed by atoms with Crippen LogP contribution in [-0.4, -0.2) is 59.8 Å². The number of aliphatic hydroxyl groups is 3. The van der Waals surface area contributed by atoms with Crippen molar-refractivity contribution in [3.05, 3.63) is 12.2 Å². The van der Waals surface area contributed by atoms with Gasteiger partial charge in [0.15, 0.2) is 23.2 Å². The van der Waals surface area contributed by atoms with Gasteiger partial charge in [-0.05, 0) is 6.92 Å². The van der Waals surface area contributed by atoms with Crippen LogP contribution in [0, 0.1) is 6.92 Å². The van der Waals surface area contributed by atoms with E-state index in [1.807, 2.05) is 0 Å². The highest BCUT2D eigenvalue weighted by Crippen LogP contribution is 2.33. The highest BCUT2D eigenvalue weighted by atomic mass is 16.6. The zero-order valence-corrected chi connectivity index (χ0v) is 10.7. The number of ether oxygens (including phenoxy) is 1. The molecule has 0 unspecified atom stereocenters. The molecule has 0 bridgehead atoms. The summed E-state index contributed by atoms with van der Waals surface area (Å²) in [5, 5.41) is 29.0. The number of rotatable bonds is 2. The number of hydrogen-bond donors (Lipinski definition) is 4. The fourth-order valence-electron chi connectivity index (χ4n) is 2.43. The lowest BCUT2D eigenvalue weighted by atomic mass is 10.1. The van der Waals surface area contributed by atoms with Crippen LogP contribution < -0.4 is 5.73 Å². The van der Waals surface area contributed by atoms with Crippen molar-refractivity contribution in [3.63, 3.8) is 0 Å².